The molecule has 0 radical (unpaired) electrons. The number of benzene rings is 1. The van der Waals surface area contributed by atoms with E-state index in [1.807, 2.05) is 0 Å². The summed E-state index contributed by atoms with van der Waals surface area (Å²) in [5.41, 5.74) is 8.69. The topological polar surface area (TPSA) is 35.2 Å². The van der Waals surface area contributed by atoms with Gasteiger partial charge in [-0.25, -0.2) is 0 Å². The smallest absolute Gasteiger partial charge is 0.119 e. The average Bonchev–Trinajstić information content (AvgIpc) is 3.01. The SMILES string of the molecule is N[C@H]1CCc2cc(OCC3CC3)ccc21. The minimum atomic E-state index is 0.248. The molecule has 0 bridgehead atoms. The Hall–Kier alpha value is -1.02. The third-order valence-corrected chi connectivity index (χ3v) is 3.42. The monoisotopic (exact) mass is 203 g/mol. The van der Waals surface area contributed by atoms with Crippen molar-refractivity contribution in [1.82, 2.24) is 0 Å². The van der Waals surface area contributed by atoms with Crippen molar-refractivity contribution in [3.8, 4) is 5.75 Å². The van der Waals surface area contributed by atoms with Crippen LogP contribution in [0.2, 0.25) is 0 Å². The highest BCUT2D eigenvalue weighted by Gasteiger charge is 2.23. The molecular weight excluding hydrogens is 186 g/mol. The molecule has 0 aromatic heterocycles. The molecule has 2 aliphatic rings. The molecule has 2 N–H and O–H groups in total. The lowest BCUT2D eigenvalue weighted by Crippen LogP contribution is -2.05. The van der Waals surface area contributed by atoms with E-state index in [0.29, 0.717) is 0 Å². The van der Waals surface area contributed by atoms with Crippen molar-refractivity contribution >= 4 is 0 Å². The molecule has 2 nitrogen and oxygen atoms in total. The number of aryl methyl sites for hydroxylation is 1. The Morgan fingerprint density at radius 1 is 1.27 bits per heavy atom. The maximum absolute atomic E-state index is 5.99. The molecule has 1 fully saturated rings. The summed E-state index contributed by atoms with van der Waals surface area (Å²) in [6.45, 7) is 0.894. The number of ether oxygens (including phenoxy) is 1. The summed E-state index contributed by atoms with van der Waals surface area (Å²) in [5, 5.41) is 0. The molecule has 80 valence electrons. The maximum atomic E-state index is 5.99. The van der Waals surface area contributed by atoms with E-state index < -0.39 is 0 Å². The van der Waals surface area contributed by atoms with Crippen LogP contribution in [0.25, 0.3) is 0 Å². The molecule has 0 saturated heterocycles. The fourth-order valence-corrected chi connectivity index (χ4v) is 2.22. The highest BCUT2D eigenvalue weighted by molar-refractivity contribution is 5.40. The van der Waals surface area contributed by atoms with E-state index in [0.717, 1.165) is 31.1 Å². The fraction of sp³-hybridized carbons (Fsp3) is 0.538. The molecule has 1 aromatic carbocycles. The second-order valence-corrected chi connectivity index (χ2v) is 4.76. The van der Waals surface area contributed by atoms with Crippen LogP contribution in [0, 0.1) is 5.92 Å². The predicted octanol–water partition coefficient (Wildman–Crippen LogP) is 2.42. The number of nitrogens with two attached hydrogens (primary N) is 1. The van der Waals surface area contributed by atoms with E-state index in [-0.39, 0.29) is 6.04 Å². The number of hydrogen-bond acceptors (Lipinski definition) is 2. The van der Waals surface area contributed by atoms with Gasteiger partial charge in [-0.2, -0.15) is 0 Å². The van der Waals surface area contributed by atoms with E-state index in [9.17, 15) is 0 Å². The molecule has 1 saturated carbocycles. The van der Waals surface area contributed by atoms with Crippen molar-refractivity contribution in [2.75, 3.05) is 6.61 Å². The van der Waals surface area contributed by atoms with Gasteiger partial charge in [0.2, 0.25) is 0 Å². The molecule has 15 heavy (non-hydrogen) atoms. The first-order valence-corrected chi connectivity index (χ1v) is 5.84. The van der Waals surface area contributed by atoms with Crippen LogP contribution in [0.4, 0.5) is 0 Å². The van der Waals surface area contributed by atoms with Crippen LogP contribution < -0.4 is 10.5 Å². The fourth-order valence-electron chi connectivity index (χ4n) is 2.22. The molecule has 2 aliphatic carbocycles. The van der Waals surface area contributed by atoms with Crippen molar-refractivity contribution in [1.29, 1.82) is 0 Å². The van der Waals surface area contributed by atoms with Gasteiger partial charge in [0.25, 0.3) is 0 Å². The summed E-state index contributed by atoms with van der Waals surface area (Å²) < 4.78 is 5.75. The van der Waals surface area contributed by atoms with Crippen LogP contribution in [0.1, 0.15) is 36.4 Å². The lowest BCUT2D eigenvalue weighted by molar-refractivity contribution is 0.299. The summed E-state index contributed by atoms with van der Waals surface area (Å²) in [6, 6.07) is 6.61. The van der Waals surface area contributed by atoms with E-state index >= 15 is 0 Å². The van der Waals surface area contributed by atoms with Gasteiger partial charge in [0.05, 0.1) is 6.61 Å². The van der Waals surface area contributed by atoms with Crippen LogP contribution in [0.5, 0.6) is 5.75 Å². The van der Waals surface area contributed by atoms with E-state index in [1.54, 1.807) is 0 Å². The van der Waals surface area contributed by atoms with Gasteiger partial charge in [-0.3, -0.25) is 0 Å². The van der Waals surface area contributed by atoms with Crippen molar-refractivity contribution in [3.63, 3.8) is 0 Å². The lowest BCUT2D eigenvalue weighted by Gasteiger charge is -2.08. The highest BCUT2D eigenvalue weighted by atomic mass is 16.5. The van der Waals surface area contributed by atoms with Gasteiger partial charge in [-0.15, -0.1) is 0 Å². The first kappa shape index (κ1) is 9.22. The Balaban J connectivity index is 1.73. The number of rotatable bonds is 3. The Bertz CT molecular complexity index is 371. The molecule has 0 unspecified atom stereocenters. The summed E-state index contributed by atoms with van der Waals surface area (Å²) in [7, 11) is 0. The van der Waals surface area contributed by atoms with Crippen LogP contribution in [0.15, 0.2) is 18.2 Å². The normalized spacial score (nSPS) is 23.9. The molecule has 0 heterocycles. The van der Waals surface area contributed by atoms with Crippen LogP contribution in [0.3, 0.4) is 0 Å². The van der Waals surface area contributed by atoms with Gasteiger partial charge in [-0.05, 0) is 54.9 Å². The molecule has 0 spiro atoms. The molecule has 2 heteroatoms. The Morgan fingerprint density at radius 3 is 2.93 bits per heavy atom. The largest absolute Gasteiger partial charge is 0.493 e. The minimum Gasteiger partial charge on any atom is -0.493 e. The quantitative estimate of drug-likeness (QED) is 0.818. The summed E-state index contributed by atoms with van der Waals surface area (Å²) in [4.78, 5) is 0. The van der Waals surface area contributed by atoms with E-state index in [4.69, 9.17) is 10.5 Å². The first-order chi connectivity index (χ1) is 7.33. The molecular formula is C13H17NO. The first-order valence-electron chi connectivity index (χ1n) is 5.84. The van der Waals surface area contributed by atoms with Crippen LogP contribution in [-0.4, -0.2) is 6.61 Å². The van der Waals surface area contributed by atoms with E-state index in [2.05, 4.69) is 18.2 Å². The van der Waals surface area contributed by atoms with Crippen molar-refractivity contribution in [2.24, 2.45) is 11.7 Å². The number of fused-ring (bicyclic) bond motifs is 1. The second-order valence-electron chi connectivity index (χ2n) is 4.76. The summed E-state index contributed by atoms with van der Waals surface area (Å²) >= 11 is 0. The summed E-state index contributed by atoms with van der Waals surface area (Å²) in [6.07, 6.45) is 4.88. The molecule has 0 aliphatic heterocycles. The second kappa shape index (κ2) is 3.53. The van der Waals surface area contributed by atoms with Gasteiger partial charge in [0, 0.05) is 6.04 Å². The lowest BCUT2D eigenvalue weighted by atomic mass is 10.1. The number of hydrogen-bond donors (Lipinski definition) is 1. The molecule has 1 aromatic rings. The zero-order chi connectivity index (χ0) is 10.3. The third kappa shape index (κ3) is 1.86. The van der Waals surface area contributed by atoms with Gasteiger partial charge >= 0.3 is 0 Å². The summed E-state index contributed by atoms with van der Waals surface area (Å²) in [5.74, 6) is 1.84. The Kier molecular flexibility index (Phi) is 2.17. The predicted molar refractivity (Wildman–Crippen MR) is 59.9 cm³/mol. The van der Waals surface area contributed by atoms with E-state index in [1.165, 1.54) is 24.0 Å². The standard InChI is InChI=1S/C13H17NO/c14-13-6-3-10-7-11(4-5-12(10)13)15-8-9-1-2-9/h4-5,7,9,13H,1-3,6,8,14H2/t13-/m0/s1. The highest BCUT2D eigenvalue weighted by Crippen LogP contribution is 2.33. The Labute approximate surface area is 90.4 Å². The van der Waals surface area contributed by atoms with Crippen LogP contribution >= 0.6 is 0 Å². The van der Waals surface area contributed by atoms with Gasteiger partial charge < -0.3 is 10.5 Å². The van der Waals surface area contributed by atoms with Crippen molar-refractivity contribution < 1.29 is 4.74 Å². The van der Waals surface area contributed by atoms with Crippen molar-refractivity contribution in [3.05, 3.63) is 29.3 Å². The third-order valence-electron chi connectivity index (χ3n) is 3.42. The molecule has 3 rings (SSSR count). The van der Waals surface area contributed by atoms with Crippen LogP contribution in [-0.2, 0) is 6.42 Å². The van der Waals surface area contributed by atoms with Gasteiger partial charge in [0.1, 0.15) is 5.75 Å². The zero-order valence-corrected chi connectivity index (χ0v) is 8.91. The van der Waals surface area contributed by atoms with Crippen molar-refractivity contribution in [2.45, 2.75) is 31.7 Å². The zero-order valence-electron chi connectivity index (χ0n) is 8.91. The van der Waals surface area contributed by atoms with Gasteiger partial charge in [0.15, 0.2) is 0 Å². The minimum absolute atomic E-state index is 0.248. The molecule has 1 atom stereocenters. The average molecular weight is 203 g/mol. The maximum Gasteiger partial charge on any atom is 0.119 e. The molecule has 0 amide bonds. The van der Waals surface area contributed by atoms with Gasteiger partial charge in [-0.1, -0.05) is 6.07 Å². The Morgan fingerprint density at radius 2 is 2.13 bits per heavy atom.